The monoisotopic (exact) mass is 280 g/mol. The molecule has 1 aliphatic rings. The van der Waals surface area contributed by atoms with Crippen LogP contribution >= 0.6 is 0 Å². The van der Waals surface area contributed by atoms with Crippen molar-refractivity contribution in [3.8, 4) is 0 Å². The van der Waals surface area contributed by atoms with E-state index in [0.29, 0.717) is 25.4 Å². The predicted molar refractivity (Wildman–Crippen MR) is 69.7 cm³/mol. The minimum atomic E-state index is -0.779. The van der Waals surface area contributed by atoms with E-state index in [0.717, 1.165) is 19.0 Å². The average Bonchev–Trinajstić information content (AvgIpc) is 2.46. The second-order valence-electron chi connectivity index (χ2n) is 5.03. The molecule has 0 aromatic carbocycles. The fourth-order valence-corrected chi connectivity index (χ4v) is 2.42. The Morgan fingerprint density at radius 1 is 1.35 bits per heavy atom. The molecule has 1 amide bonds. The Kier molecular flexibility index (Phi) is 4.65. The molecule has 2 heterocycles. The number of carbonyl (C=O) groups excluding carboxylic acids is 1. The standard InChI is InChI=1S/C14H17FN2O3/c15-11-2-3-12(16-9-11)14(20)17-7-5-10(6-8-17)1-4-13(18)19/h2-3,9-10H,1,4-8H2,(H,18,19). The lowest BCUT2D eigenvalue weighted by atomic mass is 9.92. The number of aromatic nitrogens is 1. The summed E-state index contributed by atoms with van der Waals surface area (Å²) in [6.45, 7) is 1.20. The first-order chi connectivity index (χ1) is 9.56. The van der Waals surface area contributed by atoms with Crippen LogP contribution in [0.25, 0.3) is 0 Å². The van der Waals surface area contributed by atoms with Crippen molar-refractivity contribution in [2.45, 2.75) is 25.7 Å². The molecule has 1 aromatic heterocycles. The highest BCUT2D eigenvalue weighted by Gasteiger charge is 2.24. The van der Waals surface area contributed by atoms with Gasteiger partial charge in [-0.3, -0.25) is 9.59 Å². The number of aliphatic carboxylic acids is 1. The second kappa shape index (κ2) is 6.45. The molecular weight excluding hydrogens is 263 g/mol. The van der Waals surface area contributed by atoms with E-state index in [1.807, 2.05) is 0 Å². The maximum absolute atomic E-state index is 12.8. The summed E-state index contributed by atoms with van der Waals surface area (Å²) < 4.78 is 12.8. The molecule has 2 rings (SSSR count). The highest BCUT2D eigenvalue weighted by molar-refractivity contribution is 5.92. The van der Waals surface area contributed by atoms with Crippen molar-refractivity contribution >= 4 is 11.9 Å². The highest BCUT2D eigenvalue weighted by atomic mass is 19.1. The molecular formula is C14H17FN2O3. The minimum Gasteiger partial charge on any atom is -0.481 e. The largest absolute Gasteiger partial charge is 0.481 e. The van der Waals surface area contributed by atoms with E-state index in [1.165, 1.54) is 12.1 Å². The van der Waals surface area contributed by atoms with Crippen molar-refractivity contribution in [2.24, 2.45) is 5.92 Å². The first-order valence-corrected chi connectivity index (χ1v) is 6.69. The molecule has 0 radical (unpaired) electrons. The first kappa shape index (κ1) is 14.4. The maximum atomic E-state index is 12.8. The molecule has 0 unspecified atom stereocenters. The van der Waals surface area contributed by atoms with Crippen LogP contribution in [0.1, 0.15) is 36.2 Å². The van der Waals surface area contributed by atoms with Crippen molar-refractivity contribution in [3.63, 3.8) is 0 Å². The van der Waals surface area contributed by atoms with Gasteiger partial charge in [-0.1, -0.05) is 0 Å². The van der Waals surface area contributed by atoms with Crippen LogP contribution in [0.2, 0.25) is 0 Å². The van der Waals surface area contributed by atoms with Gasteiger partial charge < -0.3 is 10.0 Å². The smallest absolute Gasteiger partial charge is 0.303 e. The molecule has 1 N–H and O–H groups in total. The van der Waals surface area contributed by atoms with Gasteiger partial charge in [0.15, 0.2) is 0 Å². The van der Waals surface area contributed by atoms with Gasteiger partial charge in [0.1, 0.15) is 11.5 Å². The van der Waals surface area contributed by atoms with Gasteiger partial charge in [0.05, 0.1) is 6.20 Å². The average molecular weight is 280 g/mol. The summed E-state index contributed by atoms with van der Waals surface area (Å²) in [5.41, 5.74) is 0.246. The first-order valence-electron chi connectivity index (χ1n) is 6.69. The zero-order valence-corrected chi connectivity index (χ0v) is 11.1. The zero-order valence-electron chi connectivity index (χ0n) is 11.1. The molecule has 1 saturated heterocycles. The number of amides is 1. The molecule has 1 aliphatic heterocycles. The minimum absolute atomic E-state index is 0.179. The van der Waals surface area contributed by atoms with Crippen LogP contribution in [0, 0.1) is 11.7 Å². The summed E-state index contributed by atoms with van der Waals surface area (Å²) in [5, 5.41) is 8.65. The molecule has 1 aromatic rings. The lowest BCUT2D eigenvalue weighted by molar-refractivity contribution is -0.137. The van der Waals surface area contributed by atoms with E-state index in [1.54, 1.807) is 4.90 Å². The number of carboxylic acid groups (broad SMARTS) is 1. The van der Waals surface area contributed by atoms with E-state index >= 15 is 0 Å². The third-order valence-corrected chi connectivity index (χ3v) is 3.61. The predicted octanol–water partition coefficient (Wildman–Crippen LogP) is 1.94. The third kappa shape index (κ3) is 3.76. The molecule has 6 heteroatoms. The Labute approximate surface area is 116 Å². The Morgan fingerprint density at radius 3 is 2.60 bits per heavy atom. The van der Waals surface area contributed by atoms with Gasteiger partial charge >= 0.3 is 5.97 Å². The van der Waals surface area contributed by atoms with Gasteiger partial charge in [-0.05, 0) is 37.3 Å². The van der Waals surface area contributed by atoms with Gasteiger partial charge in [-0.25, -0.2) is 9.37 Å². The summed E-state index contributed by atoms with van der Waals surface area (Å²) in [4.78, 5) is 28.1. The van der Waals surface area contributed by atoms with Crippen molar-refractivity contribution < 1.29 is 19.1 Å². The Bertz CT molecular complexity index is 482. The summed E-state index contributed by atoms with van der Waals surface area (Å²) in [6.07, 6.45) is 3.48. The fourth-order valence-electron chi connectivity index (χ4n) is 2.42. The van der Waals surface area contributed by atoms with E-state index in [-0.39, 0.29) is 18.0 Å². The molecule has 0 saturated carbocycles. The number of nitrogens with zero attached hydrogens (tertiary/aromatic N) is 2. The molecule has 0 atom stereocenters. The molecule has 1 fully saturated rings. The van der Waals surface area contributed by atoms with E-state index in [4.69, 9.17) is 5.11 Å². The van der Waals surface area contributed by atoms with Crippen molar-refractivity contribution in [1.29, 1.82) is 0 Å². The fraction of sp³-hybridized carbons (Fsp3) is 0.500. The number of halogens is 1. The number of carboxylic acids is 1. The van der Waals surface area contributed by atoms with E-state index in [2.05, 4.69) is 4.98 Å². The van der Waals surface area contributed by atoms with E-state index in [9.17, 15) is 14.0 Å². The Balaban J connectivity index is 1.85. The SMILES string of the molecule is O=C(O)CCC1CCN(C(=O)c2ccc(F)cn2)CC1. The molecule has 108 valence electrons. The summed E-state index contributed by atoms with van der Waals surface area (Å²) >= 11 is 0. The van der Waals surface area contributed by atoms with Crippen LogP contribution in [-0.2, 0) is 4.79 Å². The Hall–Kier alpha value is -1.98. The van der Waals surface area contributed by atoms with Crippen LogP contribution in [-0.4, -0.2) is 40.0 Å². The van der Waals surface area contributed by atoms with Crippen molar-refractivity contribution in [1.82, 2.24) is 9.88 Å². The van der Waals surface area contributed by atoms with Crippen molar-refractivity contribution in [3.05, 3.63) is 29.8 Å². The molecule has 5 nitrogen and oxygen atoms in total. The lowest BCUT2D eigenvalue weighted by Crippen LogP contribution is -2.38. The van der Waals surface area contributed by atoms with Gasteiger partial charge in [0.25, 0.3) is 5.91 Å². The second-order valence-corrected chi connectivity index (χ2v) is 5.03. The highest BCUT2D eigenvalue weighted by Crippen LogP contribution is 2.22. The number of hydrogen-bond donors (Lipinski definition) is 1. The van der Waals surface area contributed by atoms with Crippen LogP contribution in [0.3, 0.4) is 0 Å². The number of likely N-dealkylation sites (tertiary alicyclic amines) is 1. The number of pyridine rings is 1. The Morgan fingerprint density at radius 2 is 2.05 bits per heavy atom. The zero-order chi connectivity index (χ0) is 14.5. The van der Waals surface area contributed by atoms with Gasteiger partial charge in [0.2, 0.25) is 0 Å². The molecule has 0 aliphatic carbocycles. The maximum Gasteiger partial charge on any atom is 0.303 e. The topological polar surface area (TPSA) is 70.5 Å². The molecule has 0 bridgehead atoms. The molecule has 0 spiro atoms. The summed E-state index contributed by atoms with van der Waals surface area (Å²) in [5.74, 6) is -1.08. The van der Waals surface area contributed by atoms with Crippen LogP contribution in [0.4, 0.5) is 4.39 Å². The van der Waals surface area contributed by atoms with E-state index < -0.39 is 11.8 Å². The molecule has 20 heavy (non-hydrogen) atoms. The van der Waals surface area contributed by atoms with Crippen molar-refractivity contribution in [2.75, 3.05) is 13.1 Å². The van der Waals surface area contributed by atoms with Gasteiger partial charge in [-0.15, -0.1) is 0 Å². The number of piperidine rings is 1. The summed E-state index contributed by atoms with van der Waals surface area (Å²) in [6, 6.07) is 2.61. The summed E-state index contributed by atoms with van der Waals surface area (Å²) in [7, 11) is 0. The number of rotatable bonds is 4. The quantitative estimate of drug-likeness (QED) is 0.915. The lowest BCUT2D eigenvalue weighted by Gasteiger charge is -2.31. The third-order valence-electron chi connectivity index (χ3n) is 3.61. The van der Waals surface area contributed by atoms with Crippen LogP contribution in [0.5, 0.6) is 0 Å². The van der Waals surface area contributed by atoms with Crippen LogP contribution in [0.15, 0.2) is 18.3 Å². The number of hydrogen-bond acceptors (Lipinski definition) is 3. The van der Waals surface area contributed by atoms with Gasteiger partial charge in [0, 0.05) is 19.5 Å². The number of carbonyl (C=O) groups is 2. The normalized spacial score (nSPS) is 16.1. The van der Waals surface area contributed by atoms with Gasteiger partial charge in [-0.2, -0.15) is 0 Å². The van der Waals surface area contributed by atoms with Crippen LogP contribution < -0.4 is 0 Å².